The minimum Gasteiger partial charge on any atom is -0.369 e. The Kier molecular flexibility index (Phi) is 4.52. The molecule has 1 aromatic rings. The SMILES string of the molecule is FC(F)(F)c1cnc(NCCCNC2CC2)c(Cl)c1. The van der Waals surface area contributed by atoms with Crippen LogP contribution in [0.4, 0.5) is 19.0 Å². The van der Waals surface area contributed by atoms with Crippen molar-refractivity contribution in [3.05, 3.63) is 22.8 Å². The zero-order valence-corrected chi connectivity index (χ0v) is 11.0. The van der Waals surface area contributed by atoms with E-state index in [9.17, 15) is 13.2 Å². The number of alkyl halides is 3. The number of pyridine rings is 1. The largest absolute Gasteiger partial charge is 0.417 e. The zero-order valence-electron chi connectivity index (χ0n) is 10.2. The Hall–Kier alpha value is -1.01. The van der Waals surface area contributed by atoms with Crippen LogP contribution in [0.5, 0.6) is 0 Å². The number of aromatic nitrogens is 1. The Morgan fingerprint density at radius 1 is 1.32 bits per heavy atom. The van der Waals surface area contributed by atoms with Crippen LogP contribution in [-0.4, -0.2) is 24.1 Å². The van der Waals surface area contributed by atoms with Crippen LogP contribution in [0.3, 0.4) is 0 Å². The van der Waals surface area contributed by atoms with Crippen LogP contribution in [0.15, 0.2) is 12.3 Å². The summed E-state index contributed by atoms with van der Waals surface area (Å²) >= 11 is 5.77. The number of hydrogen-bond acceptors (Lipinski definition) is 3. The molecule has 3 nitrogen and oxygen atoms in total. The lowest BCUT2D eigenvalue weighted by molar-refractivity contribution is -0.137. The fraction of sp³-hybridized carbons (Fsp3) is 0.583. The van der Waals surface area contributed by atoms with Gasteiger partial charge in [-0.15, -0.1) is 0 Å². The van der Waals surface area contributed by atoms with E-state index in [0.29, 0.717) is 18.4 Å². The molecule has 0 spiro atoms. The Bertz CT molecular complexity index is 433. The number of nitrogens with one attached hydrogen (secondary N) is 2. The summed E-state index contributed by atoms with van der Waals surface area (Å²) in [4.78, 5) is 3.71. The van der Waals surface area contributed by atoms with Crippen molar-refractivity contribution in [3.8, 4) is 0 Å². The minimum absolute atomic E-state index is 0.00928. The van der Waals surface area contributed by atoms with Gasteiger partial charge >= 0.3 is 6.18 Å². The van der Waals surface area contributed by atoms with Gasteiger partial charge in [0.05, 0.1) is 10.6 Å². The van der Waals surface area contributed by atoms with Crippen molar-refractivity contribution in [1.29, 1.82) is 0 Å². The average Bonchev–Trinajstić information content (AvgIpc) is 3.13. The topological polar surface area (TPSA) is 37.0 Å². The first-order valence-corrected chi connectivity index (χ1v) is 6.54. The molecule has 1 saturated carbocycles. The van der Waals surface area contributed by atoms with Crippen molar-refractivity contribution in [3.63, 3.8) is 0 Å². The summed E-state index contributed by atoms with van der Waals surface area (Å²) < 4.78 is 37.2. The van der Waals surface area contributed by atoms with E-state index in [2.05, 4.69) is 15.6 Å². The van der Waals surface area contributed by atoms with Crippen molar-refractivity contribution >= 4 is 17.4 Å². The number of nitrogens with zero attached hydrogens (tertiary/aromatic N) is 1. The van der Waals surface area contributed by atoms with E-state index in [-0.39, 0.29) is 5.02 Å². The van der Waals surface area contributed by atoms with Gasteiger partial charge in [-0.25, -0.2) is 4.98 Å². The van der Waals surface area contributed by atoms with E-state index in [1.165, 1.54) is 12.8 Å². The van der Waals surface area contributed by atoms with Gasteiger partial charge in [0.2, 0.25) is 0 Å². The first kappa shape index (κ1) is 14.4. The molecule has 0 bridgehead atoms. The summed E-state index contributed by atoms with van der Waals surface area (Å²) in [7, 11) is 0. The third-order valence-corrected chi connectivity index (χ3v) is 3.11. The maximum absolute atomic E-state index is 12.4. The minimum atomic E-state index is -4.41. The lowest BCUT2D eigenvalue weighted by Gasteiger charge is -2.10. The van der Waals surface area contributed by atoms with E-state index in [1.54, 1.807) is 0 Å². The van der Waals surface area contributed by atoms with Gasteiger partial charge in [-0.05, 0) is 31.9 Å². The summed E-state index contributed by atoms with van der Waals surface area (Å²) in [6.07, 6.45) is -0.283. The highest BCUT2D eigenvalue weighted by molar-refractivity contribution is 6.32. The third-order valence-electron chi connectivity index (χ3n) is 2.82. The first-order valence-electron chi connectivity index (χ1n) is 6.17. The number of hydrogen-bond donors (Lipinski definition) is 2. The van der Waals surface area contributed by atoms with E-state index < -0.39 is 11.7 Å². The summed E-state index contributed by atoms with van der Waals surface area (Å²) in [6.45, 7) is 1.51. The second-order valence-corrected chi connectivity index (χ2v) is 4.97. The molecule has 0 saturated heterocycles. The van der Waals surface area contributed by atoms with Gasteiger partial charge in [0, 0.05) is 18.8 Å². The molecule has 0 atom stereocenters. The van der Waals surface area contributed by atoms with Crippen LogP contribution in [-0.2, 0) is 6.18 Å². The molecule has 19 heavy (non-hydrogen) atoms. The molecule has 1 aromatic heterocycles. The molecule has 0 radical (unpaired) electrons. The molecule has 2 rings (SSSR count). The second-order valence-electron chi connectivity index (χ2n) is 4.56. The Morgan fingerprint density at radius 3 is 2.63 bits per heavy atom. The van der Waals surface area contributed by atoms with Crippen molar-refractivity contribution in [2.45, 2.75) is 31.5 Å². The highest BCUT2D eigenvalue weighted by atomic mass is 35.5. The van der Waals surface area contributed by atoms with E-state index >= 15 is 0 Å². The van der Waals surface area contributed by atoms with E-state index in [0.717, 1.165) is 25.2 Å². The van der Waals surface area contributed by atoms with Gasteiger partial charge in [0.25, 0.3) is 0 Å². The summed E-state index contributed by atoms with van der Waals surface area (Å²) in [5.74, 6) is 0.293. The van der Waals surface area contributed by atoms with Gasteiger partial charge in [0.1, 0.15) is 5.82 Å². The zero-order chi connectivity index (χ0) is 13.9. The highest BCUT2D eigenvalue weighted by Gasteiger charge is 2.31. The van der Waals surface area contributed by atoms with Crippen LogP contribution < -0.4 is 10.6 Å². The molecule has 0 amide bonds. The first-order chi connectivity index (χ1) is 8.97. The van der Waals surface area contributed by atoms with Crippen molar-refractivity contribution in [2.24, 2.45) is 0 Å². The second kappa shape index (κ2) is 5.96. The summed E-state index contributed by atoms with van der Waals surface area (Å²) in [5, 5.41) is 6.27. The third kappa shape index (κ3) is 4.54. The van der Waals surface area contributed by atoms with Gasteiger partial charge in [-0.2, -0.15) is 13.2 Å². The van der Waals surface area contributed by atoms with Gasteiger partial charge in [0.15, 0.2) is 0 Å². The Balaban J connectivity index is 1.79. The predicted octanol–water partition coefficient (Wildman–Crippen LogP) is 3.31. The smallest absolute Gasteiger partial charge is 0.369 e. The maximum atomic E-state index is 12.4. The number of rotatable bonds is 6. The summed E-state index contributed by atoms with van der Waals surface area (Å²) in [5.41, 5.74) is -0.835. The molecule has 0 unspecified atom stereocenters. The fourth-order valence-electron chi connectivity index (χ4n) is 1.61. The number of halogens is 4. The Morgan fingerprint density at radius 2 is 2.05 bits per heavy atom. The predicted molar refractivity (Wildman–Crippen MR) is 68.4 cm³/mol. The Labute approximate surface area is 114 Å². The molecule has 7 heteroatoms. The fourth-order valence-corrected chi connectivity index (χ4v) is 1.84. The lowest BCUT2D eigenvalue weighted by Crippen LogP contribution is -2.20. The molecule has 0 aromatic carbocycles. The molecule has 0 aliphatic heterocycles. The molecule has 1 aliphatic rings. The average molecular weight is 294 g/mol. The van der Waals surface area contributed by atoms with Crippen LogP contribution in [0.1, 0.15) is 24.8 Å². The van der Waals surface area contributed by atoms with Crippen molar-refractivity contribution in [1.82, 2.24) is 10.3 Å². The van der Waals surface area contributed by atoms with E-state index in [4.69, 9.17) is 11.6 Å². The molecule has 106 valence electrons. The summed E-state index contributed by atoms with van der Waals surface area (Å²) in [6, 6.07) is 1.55. The van der Waals surface area contributed by atoms with Gasteiger partial charge < -0.3 is 10.6 Å². The molecule has 1 aliphatic carbocycles. The standard InChI is InChI=1S/C12H15ClF3N3/c13-10-6-8(12(14,15)16)7-19-11(10)18-5-1-4-17-9-2-3-9/h6-7,9,17H,1-5H2,(H,18,19). The van der Waals surface area contributed by atoms with Gasteiger partial charge in [-0.1, -0.05) is 11.6 Å². The molecule has 2 N–H and O–H groups in total. The van der Waals surface area contributed by atoms with Crippen LogP contribution >= 0.6 is 11.6 Å². The molecular formula is C12H15ClF3N3. The maximum Gasteiger partial charge on any atom is 0.417 e. The van der Waals surface area contributed by atoms with Crippen LogP contribution in [0.25, 0.3) is 0 Å². The molecular weight excluding hydrogens is 279 g/mol. The highest BCUT2D eigenvalue weighted by Crippen LogP contribution is 2.32. The normalized spacial score (nSPS) is 15.6. The molecule has 1 fully saturated rings. The van der Waals surface area contributed by atoms with Crippen molar-refractivity contribution < 1.29 is 13.2 Å². The van der Waals surface area contributed by atoms with Crippen LogP contribution in [0.2, 0.25) is 5.02 Å². The van der Waals surface area contributed by atoms with Crippen LogP contribution in [0, 0.1) is 0 Å². The molecule has 1 heterocycles. The van der Waals surface area contributed by atoms with E-state index in [1.807, 2.05) is 0 Å². The quantitative estimate of drug-likeness (QED) is 0.790. The number of anilines is 1. The monoisotopic (exact) mass is 293 g/mol. The lowest BCUT2D eigenvalue weighted by atomic mass is 10.2. The van der Waals surface area contributed by atoms with Crippen molar-refractivity contribution in [2.75, 3.05) is 18.4 Å². The van der Waals surface area contributed by atoms with Gasteiger partial charge in [-0.3, -0.25) is 0 Å².